The van der Waals surface area contributed by atoms with Crippen molar-refractivity contribution < 1.29 is 146 Å². The quantitative estimate of drug-likeness (QED) is 0.263. The van der Waals surface area contributed by atoms with Crippen LogP contribution in [0, 0.1) is 89.2 Å². The molecule has 0 spiro atoms. The second kappa shape index (κ2) is 10.2. The Bertz CT molecular complexity index is 486. The molecule has 0 N–H and O–H groups in total. The number of nitriles is 6. The third-order valence-corrected chi connectivity index (χ3v) is 4.89. The summed E-state index contributed by atoms with van der Waals surface area (Å²) < 4.78 is 17.2. The van der Waals surface area contributed by atoms with Gasteiger partial charge in [-0.25, -0.2) is 0 Å². The molecule has 0 aromatic heterocycles. The van der Waals surface area contributed by atoms with Crippen molar-refractivity contribution >= 4 is 0 Å². The van der Waals surface area contributed by atoms with Crippen molar-refractivity contribution in [1.29, 1.82) is 31.6 Å². The molecule has 0 aliphatic carbocycles. The van der Waals surface area contributed by atoms with Gasteiger partial charge in [-0.1, -0.05) is 0 Å². The van der Waals surface area contributed by atoms with Gasteiger partial charge in [0.1, 0.15) is 0 Å². The van der Waals surface area contributed by atoms with Gasteiger partial charge in [0, 0.05) is 0 Å². The van der Waals surface area contributed by atoms with Crippen LogP contribution in [0.1, 0.15) is 0 Å². The summed E-state index contributed by atoms with van der Waals surface area (Å²) in [5.41, 5.74) is 0. The summed E-state index contributed by atoms with van der Waals surface area (Å²) in [7, 11) is -6.17. The van der Waals surface area contributed by atoms with Crippen molar-refractivity contribution in [3.63, 3.8) is 0 Å². The summed E-state index contributed by atoms with van der Waals surface area (Å²) in [6.07, 6.45) is 0. The first-order valence-electron chi connectivity index (χ1n) is 2.81. The van der Waals surface area contributed by atoms with E-state index in [2.05, 4.69) is 0 Å². The number of hydrogen-bond acceptors (Lipinski definition) is 8. The fourth-order valence-corrected chi connectivity index (χ4v) is 1.09. The SMILES string of the molecule is N#[C][Fe-4]([C]#N)([C]#N)([C]#N)([C]#N)[C]#N.[K+].[K+].[O]=[U+2]=[O]. The van der Waals surface area contributed by atoms with Crippen LogP contribution in [0.5, 0.6) is 0 Å². The fourth-order valence-electron chi connectivity index (χ4n) is 0.265. The molecule has 12 heteroatoms. The zero-order chi connectivity index (χ0) is 13.4. The molecule has 0 saturated carbocycles. The van der Waals surface area contributed by atoms with E-state index in [0.717, 1.165) is 29.8 Å². The van der Waals surface area contributed by atoms with Crippen LogP contribution in [0.2, 0.25) is 0 Å². The Morgan fingerprint density at radius 1 is 0.611 bits per heavy atom. The van der Waals surface area contributed by atoms with Crippen LogP contribution in [0.25, 0.3) is 0 Å². The van der Waals surface area contributed by atoms with Crippen molar-refractivity contribution in [2.45, 2.75) is 0 Å². The van der Waals surface area contributed by atoms with Gasteiger partial charge in [0.2, 0.25) is 0 Å². The molecule has 18 heavy (non-hydrogen) atoms. The van der Waals surface area contributed by atoms with E-state index in [1.807, 2.05) is 0 Å². The molecule has 0 aromatic carbocycles. The molecule has 0 aliphatic heterocycles. The van der Waals surface area contributed by atoms with Crippen LogP contribution in [0.3, 0.4) is 0 Å². The maximum atomic E-state index is 8.58. The summed E-state index contributed by atoms with van der Waals surface area (Å²) in [5, 5.41) is 51.5. The van der Waals surface area contributed by atoms with Crippen molar-refractivity contribution in [1.82, 2.24) is 0 Å². The van der Waals surface area contributed by atoms with Crippen molar-refractivity contribution in [3.8, 4) is 29.8 Å². The van der Waals surface area contributed by atoms with Gasteiger partial charge in [-0.05, 0) is 0 Å². The fraction of sp³-hybridized carbons (Fsp3) is 0. The van der Waals surface area contributed by atoms with Gasteiger partial charge < -0.3 is 0 Å². The zero-order valence-electron chi connectivity index (χ0n) is 9.35. The molecule has 0 aliphatic rings. The molecule has 0 rings (SSSR count). The first kappa shape index (κ1) is 27.7. The van der Waals surface area contributed by atoms with Crippen LogP contribution >= 0.6 is 0 Å². The molecule has 0 bridgehead atoms. The van der Waals surface area contributed by atoms with Gasteiger partial charge >= 0.3 is 207 Å². The molecule has 0 heterocycles. The Balaban J connectivity index is -0.000000177. The predicted molar refractivity (Wildman–Crippen MR) is 35.1 cm³/mol. The molecule has 0 fully saturated rings. The molecule has 0 aromatic rings. The molecule has 0 unspecified atom stereocenters. The summed E-state index contributed by atoms with van der Waals surface area (Å²) in [6.45, 7) is 0. The van der Waals surface area contributed by atoms with E-state index in [-0.39, 0.29) is 103 Å². The zero-order valence-corrected chi connectivity index (χ0v) is 20.9. The first-order chi connectivity index (χ1) is 7.39. The summed E-state index contributed by atoms with van der Waals surface area (Å²) in [5.74, 6) is 0. The van der Waals surface area contributed by atoms with Crippen LogP contribution in [0.15, 0.2) is 0 Å². The molecule has 8 nitrogen and oxygen atoms in total. The standard InChI is InChI=1S/6CN.Fe.2K.2O.U/c6*1-2;;;;;;/q;;;;;;-4;2*+1;;;+2. The van der Waals surface area contributed by atoms with Gasteiger partial charge in [-0.15, -0.1) is 0 Å². The average Bonchev–Trinajstić information content (AvgIpc) is 2.37. The Labute approximate surface area is 201 Å². The van der Waals surface area contributed by atoms with Crippen LogP contribution in [-0.4, -0.2) is 0 Å². The molecule has 0 amide bonds. The van der Waals surface area contributed by atoms with E-state index in [9.17, 15) is 0 Å². The van der Waals surface area contributed by atoms with E-state index < -0.39 is 38.6 Å². The van der Waals surface area contributed by atoms with Crippen molar-refractivity contribution in [2.75, 3.05) is 0 Å². The van der Waals surface area contributed by atoms with Crippen LogP contribution in [0.4, 0.5) is 0 Å². The van der Waals surface area contributed by atoms with Crippen molar-refractivity contribution in [2.24, 2.45) is 0 Å². The minimum absolute atomic E-state index is 0. The number of rotatable bonds is 0. The van der Waals surface area contributed by atoms with E-state index in [1.165, 1.54) is 0 Å². The van der Waals surface area contributed by atoms with E-state index in [4.69, 9.17) is 36.0 Å². The van der Waals surface area contributed by atoms with Gasteiger partial charge in [0.15, 0.2) is 0 Å². The average molecular weight is 560 g/mol. The Morgan fingerprint density at radius 2 is 0.722 bits per heavy atom. The third-order valence-electron chi connectivity index (χ3n) is 1.19. The Hall–Kier alpha value is 1.38. The number of nitrogens with zero attached hydrogens (tertiary/aromatic N) is 6. The van der Waals surface area contributed by atoms with E-state index in [1.54, 1.807) is 0 Å². The van der Waals surface area contributed by atoms with Crippen molar-refractivity contribution in [3.05, 3.63) is 0 Å². The molecular formula is C6FeK2N6O2U. The summed E-state index contributed by atoms with van der Waals surface area (Å²) in [6, 6.07) is 0. The normalized spacial score (nSPS) is 10.1. The second-order valence-electron chi connectivity index (χ2n) is 1.88. The Morgan fingerprint density at radius 3 is 0.722 bits per heavy atom. The topological polar surface area (TPSA) is 177 Å². The Kier molecular flexibility index (Phi) is 15.6. The summed E-state index contributed by atoms with van der Waals surface area (Å²) >= 11 is -2.51. The van der Waals surface area contributed by atoms with Gasteiger partial charge in [-0.2, -0.15) is 0 Å². The van der Waals surface area contributed by atoms with Gasteiger partial charge in [-0.3, -0.25) is 0 Å². The molecule has 0 atom stereocenters. The second-order valence-corrected chi connectivity index (χ2v) is 8.20. The van der Waals surface area contributed by atoms with Crippen LogP contribution < -0.4 is 103 Å². The molecule has 80 valence electrons. The maximum absolute atomic E-state index is 8.58. The first-order valence-corrected chi connectivity index (χ1v) is 9.52. The van der Waals surface area contributed by atoms with E-state index in [0.29, 0.717) is 0 Å². The van der Waals surface area contributed by atoms with E-state index >= 15 is 0 Å². The van der Waals surface area contributed by atoms with Crippen LogP contribution in [-0.2, 0) is 15.2 Å². The molecule has 0 radical (unpaired) electrons. The minimum atomic E-state index is -6.17. The molecule has 0 saturated heterocycles. The summed E-state index contributed by atoms with van der Waals surface area (Å²) in [4.78, 5) is 6.19. The third kappa shape index (κ3) is 4.74. The van der Waals surface area contributed by atoms with Gasteiger partial charge in [0.25, 0.3) is 0 Å². The molecular weight excluding hydrogens is 560 g/mol. The predicted octanol–water partition coefficient (Wildman–Crippen LogP) is -6.13. The number of hydrogen-bond donors (Lipinski definition) is 0. The van der Waals surface area contributed by atoms with Gasteiger partial charge in [0.05, 0.1) is 0 Å². The monoisotopic (exact) mass is 560 g/mol.